The maximum Gasteiger partial charge on any atom is 0.110 e. The standard InChI is InChI=1S/C10H20O.C5H12O5/c1-7(2)9-5-4-8(3)6-10(9)11;6-1-3(8)5(10)4(9)2-7/h7-11H,4-6H2,1-3H3;3-10H,1-2H2/t;3-,4+,5+. The summed E-state index contributed by atoms with van der Waals surface area (Å²) in [6.07, 6.45) is -0.777. The van der Waals surface area contributed by atoms with Crippen LogP contribution in [0.1, 0.15) is 40.0 Å². The molecule has 6 N–H and O–H groups in total. The minimum Gasteiger partial charge on any atom is -0.394 e. The van der Waals surface area contributed by atoms with E-state index in [0.717, 1.165) is 12.3 Å². The van der Waals surface area contributed by atoms with Gasteiger partial charge in [0.05, 0.1) is 19.3 Å². The minimum atomic E-state index is -1.49. The molecule has 0 aromatic carbocycles. The molecule has 128 valence electrons. The van der Waals surface area contributed by atoms with Crippen LogP contribution >= 0.6 is 0 Å². The Morgan fingerprint density at radius 3 is 1.76 bits per heavy atom. The summed E-state index contributed by atoms with van der Waals surface area (Å²) in [6.45, 7) is 5.38. The summed E-state index contributed by atoms with van der Waals surface area (Å²) in [7, 11) is 0. The molecule has 0 aromatic heterocycles. The lowest BCUT2D eigenvalue weighted by molar-refractivity contribution is -0.0900. The molecule has 0 aliphatic heterocycles. The number of aliphatic hydroxyl groups is 6. The summed E-state index contributed by atoms with van der Waals surface area (Å²) < 4.78 is 0. The molecular formula is C15H32O6. The van der Waals surface area contributed by atoms with Crippen molar-refractivity contribution in [3.8, 4) is 0 Å². The molecule has 6 nitrogen and oxygen atoms in total. The third-order valence-electron chi connectivity index (χ3n) is 4.15. The number of hydrogen-bond acceptors (Lipinski definition) is 6. The Balaban J connectivity index is 0.000000384. The molecule has 1 aliphatic rings. The van der Waals surface area contributed by atoms with Crippen LogP contribution in [-0.4, -0.2) is 68.3 Å². The molecule has 0 radical (unpaired) electrons. The number of hydrogen-bond donors (Lipinski definition) is 6. The highest BCUT2D eigenvalue weighted by Crippen LogP contribution is 2.33. The Bertz CT molecular complexity index is 251. The molecule has 1 fully saturated rings. The summed E-state index contributed by atoms with van der Waals surface area (Å²) in [6, 6.07) is 0. The molecule has 0 bridgehead atoms. The van der Waals surface area contributed by atoms with E-state index < -0.39 is 31.5 Å². The first-order chi connectivity index (χ1) is 9.74. The van der Waals surface area contributed by atoms with Crippen LogP contribution in [0, 0.1) is 17.8 Å². The average molecular weight is 308 g/mol. The minimum absolute atomic E-state index is 0.0289. The smallest absolute Gasteiger partial charge is 0.110 e. The molecule has 6 atom stereocenters. The molecule has 0 heterocycles. The Hall–Kier alpha value is -0.240. The second-order valence-corrected chi connectivity index (χ2v) is 6.38. The van der Waals surface area contributed by atoms with Gasteiger partial charge in [-0.05, 0) is 30.6 Å². The zero-order valence-electron chi connectivity index (χ0n) is 13.3. The molecule has 6 heteroatoms. The fourth-order valence-electron chi connectivity index (χ4n) is 2.62. The van der Waals surface area contributed by atoms with Crippen LogP contribution in [0.15, 0.2) is 0 Å². The second kappa shape index (κ2) is 10.5. The third-order valence-corrected chi connectivity index (χ3v) is 4.15. The Kier molecular flexibility index (Phi) is 10.4. The Labute approximate surface area is 127 Å². The molecule has 0 amide bonds. The van der Waals surface area contributed by atoms with Gasteiger partial charge in [0.1, 0.15) is 18.3 Å². The van der Waals surface area contributed by atoms with E-state index in [1.165, 1.54) is 12.8 Å². The summed E-state index contributed by atoms with van der Waals surface area (Å²) in [5.41, 5.74) is 0. The van der Waals surface area contributed by atoms with Crippen LogP contribution in [0.5, 0.6) is 0 Å². The van der Waals surface area contributed by atoms with Crippen molar-refractivity contribution in [2.24, 2.45) is 17.8 Å². The fraction of sp³-hybridized carbons (Fsp3) is 1.00. The Morgan fingerprint density at radius 1 is 0.952 bits per heavy atom. The van der Waals surface area contributed by atoms with Crippen LogP contribution in [0.3, 0.4) is 0 Å². The van der Waals surface area contributed by atoms with E-state index in [2.05, 4.69) is 20.8 Å². The Morgan fingerprint density at radius 2 is 1.43 bits per heavy atom. The summed E-state index contributed by atoms with van der Waals surface area (Å²) in [5, 5.41) is 52.3. The predicted molar refractivity (Wildman–Crippen MR) is 79.5 cm³/mol. The number of rotatable bonds is 5. The average Bonchev–Trinajstić information content (AvgIpc) is 2.44. The van der Waals surface area contributed by atoms with Crippen LogP contribution in [0.2, 0.25) is 0 Å². The highest BCUT2D eigenvalue weighted by atomic mass is 16.4. The van der Waals surface area contributed by atoms with E-state index in [1.807, 2.05) is 0 Å². The molecular weight excluding hydrogens is 276 g/mol. The van der Waals surface area contributed by atoms with Gasteiger partial charge in [-0.1, -0.05) is 27.2 Å². The van der Waals surface area contributed by atoms with Crippen LogP contribution in [0.25, 0.3) is 0 Å². The molecule has 21 heavy (non-hydrogen) atoms. The first-order valence-electron chi connectivity index (χ1n) is 7.68. The summed E-state index contributed by atoms with van der Waals surface area (Å²) >= 11 is 0. The van der Waals surface area contributed by atoms with Crippen LogP contribution in [0.4, 0.5) is 0 Å². The van der Waals surface area contributed by atoms with Gasteiger partial charge in [-0.3, -0.25) is 0 Å². The van der Waals surface area contributed by atoms with Gasteiger partial charge in [0, 0.05) is 0 Å². The lowest BCUT2D eigenvalue weighted by Crippen LogP contribution is -2.41. The van der Waals surface area contributed by atoms with Gasteiger partial charge in [-0.2, -0.15) is 0 Å². The van der Waals surface area contributed by atoms with E-state index >= 15 is 0 Å². The van der Waals surface area contributed by atoms with E-state index in [1.54, 1.807) is 0 Å². The van der Waals surface area contributed by atoms with E-state index in [4.69, 9.17) is 25.5 Å². The van der Waals surface area contributed by atoms with Gasteiger partial charge in [0.25, 0.3) is 0 Å². The van der Waals surface area contributed by atoms with Crippen molar-refractivity contribution >= 4 is 0 Å². The second-order valence-electron chi connectivity index (χ2n) is 6.38. The van der Waals surface area contributed by atoms with Crippen molar-refractivity contribution in [2.75, 3.05) is 13.2 Å². The monoisotopic (exact) mass is 308 g/mol. The van der Waals surface area contributed by atoms with Gasteiger partial charge in [0.15, 0.2) is 0 Å². The van der Waals surface area contributed by atoms with Gasteiger partial charge in [-0.15, -0.1) is 0 Å². The largest absolute Gasteiger partial charge is 0.394 e. The normalized spacial score (nSPS) is 30.3. The third kappa shape index (κ3) is 7.54. The van der Waals surface area contributed by atoms with E-state index in [9.17, 15) is 5.11 Å². The van der Waals surface area contributed by atoms with Crippen molar-refractivity contribution in [3.05, 3.63) is 0 Å². The highest BCUT2D eigenvalue weighted by Gasteiger charge is 2.28. The maximum atomic E-state index is 9.71. The lowest BCUT2D eigenvalue weighted by Gasteiger charge is -2.33. The molecule has 3 unspecified atom stereocenters. The maximum absolute atomic E-state index is 9.71. The molecule has 1 saturated carbocycles. The zero-order valence-corrected chi connectivity index (χ0v) is 13.3. The first-order valence-corrected chi connectivity index (χ1v) is 7.68. The van der Waals surface area contributed by atoms with Gasteiger partial charge in [-0.25, -0.2) is 0 Å². The van der Waals surface area contributed by atoms with Crippen molar-refractivity contribution in [1.82, 2.24) is 0 Å². The lowest BCUT2D eigenvalue weighted by atomic mass is 9.75. The highest BCUT2D eigenvalue weighted by molar-refractivity contribution is 4.79. The first kappa shape index (κ1) is 20.8. The van der Waals surface area contributed by atoms with Crippen molar-refractivity contribution < 1.29 is 30.6 Å². The molecule has 1 rings (SSSR count). The fourth-order valence-corrected chi connectivity index (χ4v) is 2.62. The summed E-state index contributed by atoms with van der Waals surface area (Å²) in [5.74, 6) is 1.95. The topological polar surface area (TPSA) is 121 Å². The SMILES string of the molecule is CC1CCC(C(C)C)C(O)C1.OC[C@@H](O)[C@H](O)[C@@H](O)CO. The van der Waals surface area contributed by atoms with E-state index in [-0.39, 0.29) is 6.10 Å². The van der Waals surface area contributed by atoms with Gasteiger partial charge < -0.3 is 30.6 Å². The van der Waals surface area contributed by atoms with Crippen molar-refractivity contribution in [2.45, 2.75) is 64.4 Å². The molecule has 0 aromatic rings. The summed E-state index contributed by atoms with van der Waals surface area (Å²) in [4.78, 5) is 0. The predicted octanol–water partition coefficient (Wildman–Crippen LogP) is -0.507. The van der Waals surface area contributed by atoms with E-state index in [0.29, 0.717) is 11.8 Å². The van der Waals surface area contributed by atoms with Crippen LogP contribution in [-0.2, 0) is 0 Å². The van der Waals surface area contributed by atoms with Gasteiger partial charge in [0.2, 0.25) is 0 Å². The molecule has 0 saturated heterocycles. The van der Waals surface area contributed by atoms with Crippen LogP contribution < -0.4 is 0 Å². The van der Waals surface area contributed by atoms with Crippen molar-refractivity contribution in [3.63, 3.8) is 0 Å². The molecule has 1 aliphatic carbocycles. The van der Waals surface area contributed by atoms with Crippen molar-refractivity contribution in [1.29, 1.82) is 0 Å². The zero-order chi connectivity index (χ0) is 16.6. The number of aliphatic hydroxyl groups excluding tert-OH is 6. The molecule has 0 spiro atoms. The van der Waals surface area contributed by atoms with Gasteiger partial charge >= 0.3 is 0 Å². The quantitative estimate of drug-likeness (QED) is 0.407.